The molecular weight excluding hydrogens is 305 g/mol. The lowest BCUT2D eigenvalue weighted by atomic mass is 10.4. The summed E-state index contributed by atoms with van der Waals surface area (Å²) in [6.07, 6.45) is -4.55. The van der Waals surface area contributed by atoms with Crippen molar-refractivity contribution in [2.24, 2.45) is 0 Å². The number of nitrogens with one attached hydrogen (secondary N) is 2. The van der Waals surface area contributed by atoms with Gasteiger partial charge in [-0.3, -0.25) is 19.8 Å². The predicted molar refractivity (Wildman–Crippen MR) is 73.0 cm³/mol. The van der Waals surface area contributed by atoms with Crippen LogP contribution < -0.4 is 10.6 Å². The summed E-state index contributed by atoms with van der Waals surface area (Å²) < 4.78 is 35.6. The van der Waals surface area contributed by atoms with Gasteiger partial charge in [0.25, 0.3) is 0 Å². The molecule has 0 aliphatic carbocycles. The van der Waals surface area contributed by atoms with Gasteiger partial charge in [-0.05, 0) is 20.9 Å². The van der Waals surface area contributed by atoms with E-state index in [0.29, 0.717) is 13.1 Å². The second-order valence-electron chi connectivity index (χ2n) is 4.58. The lowest BCUT2D eigenvalue weighted by molar-refractivity contribution is -0.132. The van der Waals surface area contributed by atoms with E-state index in [4.69, 9.17) is 0 Å². The number of nitrogens with zero attached hydrogens (tertiary/aromatic N) is 2. The zero-order chi connectivity index (χ0) is 17.3. The van der Waals surface area contributed by atoms with Crippen molar-refractivity contribution in [3.8, 4) is 0 Å². The van der Waals surface area contributed by atoms with Crippen molar-refractivity contribution in [2.75, 3.05) is 39.8 Å². The van der Waals surface area contributed by atoms with Crippen LogP contribution in [-0.4, -0.2) is 73.6 Å². The van der Waals surface area contributed by atoms with E-state index >= 15 is 0 Å². The molecule has 0 rings (SSSR count). The minimum absolute atomic E-state index is 0.0285. The number of carbonyl (C=O) groups is 3. The molecule has 0 unspecified atom stereocenters. The van der Waals surface area contributed by atoms with Crippen molar-refractivity contribution < 1.29 is 27.6 Å². The summed E-state index contributed by atoms with van der Waals surface area (Å²) >= 11 is 0. The number of halogens is 3. The van der Waals surface area contributed by atoms with Crippen LogP contribution >= 0.6 is 0 Å². The molecule has 22 heavy (non-hydrogen) atoms. The van der Waals surface area contributed by atoms with Gasteiger partial charge in [0.15, 0.2) is 0 Å². The third kappa shape index (κ3) is 9.16. The highest BCUT2D eigenvalue weighted by Crippen LogP contribution is 2.11. The fraction of sp³-hybridized carbons (Fsp3) is 0.750. The van der Waals surface area contributed by atoms with Crippen molar-refractivity contribution >= 4 is 17.8 Å². The van der Waals surface area contributed by atoms with Crippen LogP contribution in [0.25, 0.3) is 0 Å². The second kappa shape index (κ2) is 9.23. The molecule has 0 spiro atoms. The first kappa shape index (κ1) is 20.2. The standard InChI is InChI=1S/C12H21F3N4O3/c1-4-19(5-2)10(21)7-18(3)6-9(20)17-11(22)16-8-12(13,14)15/h4-8H2,1-3H3,(H2,16,17,20,22). The van der Waals surface area contributed by atoms with Gasteiger partial charge in [-0.25, -0.2) is 4.79 Å². The highest BCUT2D eigenvalue weighted by Gasteiger charge is 2.28. The fourth-order valence-corrected chi connectivity index (χ4v) is 1.60. The van der Waals surface area contributed by atoms with E-state index in [2.05, 4.69) is 0 Å². The average Bonchev–Trinajstić information content (AvgIpc) is 2.36. The van der Waals surface area contributed by atoms with Gasteiger partial charge in [-0.1, -0.05) is 0 Å². The van der Waals surface area contributed by atoms with E-state index in [1.54, 1.807) is 10.2 Å². The van der Waals surface area contributed by atoms with Crippen LogP contribution in [0.2, 0.25) is 0 Å². The molecule has 0 fully saturated rings. The lowest BCUT2D eigenvalue weighted by Gasteiger charge is -2.22. The maximum atomic E-state index is 11.9. The van der Waals surface area contributed by atoms with Crippen molar-refractivity contribution in [3.05, 3.63) is 0 Å². The maximum absolute atomic E-state index is 11.9. The number of urea groups is 1. The molecule has 0 atom stereocenters. The summed E-state index contributed by atoms with van der Waals surface area (Å²) in [6, 6.07) is -1.23. The molecule has 0 aromatic carbocycles. The topological polar surface area (TPSA) is 81.8 Å². The van der Waals surface area contributed by atoms with Gasteiger partial charge in [0, 0.05) is 13.1 Å². The number of alkyl halides is 3. The molecular formula is C12H21F3N4O3. The highest BCUT2D eigenvalue weighted by atomic mass is 19.4. The third-order valence-electron chi connectivity index (χ3n) is 2.64. The van der Waals surface area contributed by atoms with Crippen LogP contribution in [0, 0.1) is 0 Å². The number of carbonyl (C=O) groups excluding carboxylic acids is 3. The summed E-state index contributed by atoms with van der Waals surface area (Å²) in [5.74, 6) is -0.976. The van der Waals surface area contributed by atoms with Gasteiger partial charge in [-0.2, -0.15) is 13.2 Å². The Morgan fingerprint density at radius 2 is 1.59 bits per heavy atom. The summed E-state index contributed by atoms with van der Waals surface area (Å²) in [5.41, 5.74) is 0. The minimum atomic E-state index is -4.55. The lowest BCUT2D eigenvalue weighted by Crippen LogP contribution is -2.47. The fourth-order valence-electron chi connectivity index (χ4n) is 1.60. The van der Waals surface area contributed by atoms with Crippen LogP contribution in [-0.2, 0) is 9.59 Å². The number of likely N-dealkylation sites (N-methyl/N-ethyl adjacent to an activating group) is 2. The third-order valence-corrected chi connectivity index (χ3v) is 2.64. The molecule has 0 bridgehead atoms. The molecule has 0 saturated heterocycles. The zero-order valence-corrected chi connectivity index (χ0v) is 12.8. The normalized spacial score (nSPS) is 11.2. The van der Waals surface area contributed by atoms with Crippen LogP contribution in [0.3, 0.4) is 0 Å². The Labute approximate surface area is 126 Å². The van der Waals surface area contributed by atoms with Gasteiger partial charge in [-0.15, -0.1) is 0 Å². The van der Waals surface area contributed by atoms with E-state index < -0.39 is 24.7 Å². The molecule has 7 nitrogen and oxygen atoms in total. The van der Waals surface area contributed by atoms with E-state index in [-0.39, 0.29) is 19.0 Å². The SMILES string of the molecule is CCN(CC)C(=O)CN(C)CC(=O)NC(=O)NCC(F)(F)F. The molecule has 0 aliphatic rings. The van der Waals surface area contributed by atoms with Gasteiger partial charge >= 0.3 is 12.2 Å². The summed E-state index contributed by atoms with van der Waals surface area (Å²) in [6.45, 7) is 2.87. The van der Waals surface area contributed by atoms with Crippen molar-refractivity contribution in [3.63, 3.8) is 0 Å². The molecule has 0 aromatic rings. The maximum Gasteiger partial charge on any atom is 0.405 e. The Hall–Kier alpha value is -1.84. The van der Waals surface area contributed by atoms with Gasteiger partial charge < -0.3 is 10.2 Å². The Kier molecular flexibility index (Phi) is 8.46. The number of hydrogen-bond acceptors (Lipinski definition) is 4. The Morgan fingerprint density at radius 1 is 1.05 bits per heavy atom. The monoisotopic (exact) mass is 326 g/mol. The van der Waals surface area contributed by atoms with Crippen molar-refractivity contribution in [1.29, 1.82) is 0 Å². The van der Waals surface area contributed by atoms with Crippen LogP contribution in [0.4, 0.5) is 18.0 Å². The van der Waals surface area contributed by atoms with Crippen molar-refractivity contribution in [1.82, 2.24) is 20.4 Å². The predicted octanol–water partition coefficient (Wildman–Crippen LogP) is 0.175. The largest absolute Gasteiger partial charge is 0.405 e. The van der Waals surface area contributed by atoms with Crippen LogP contribution in [0.15, 0.2) is 0 Å². The quantitative estimate of drug-likeness (QED) is 0.699. The van der Waals surface area contributed by atoms with E-state index in [1.807, 2.05) is 13.8 Å². The molecule has 0 saturated carbocycles. The molecule has 0 aromatic heterocycles. The average molecular weight is 326 g/mol. The molecule has 2 N–H and O–H groups in total. The second-order valence-corrected chi connectivity index (χ2v) is 4.58. The first-order valence-electron chi connectivity index (χ1n) is 6.69. The zero-order valence-electron chi connectivity index (χ0n) is 12.8. The van der Waals surface area contributed by atoms with Gasteiger partial charge in [0.2, 0.25) is 11.8 Å². The minimum Gasteiger partial charge on any atom is -0.342 e. The molecule has 10 heteroatoms. The summed E-state index contributed by atoms with van der Waals surface area (Å²) in [7, 11) is 1.49. The molecule has 4 amide bonds. The van der Waals surface area contributed by atoms with E-state index in [1.165, 1.54) is 17.3 Å². The smallest absolute Gasteiger partial charge is 0.342 e. The first-order valence-corrected chi connectivity index (χ1v) is 6.69. The van der Waals surface area contributed by atoms with Gasteiger partial charge in [0.05, 0.1) is 13.1 Å². The van der Waals surface area contributed by atoms with Gasteiger partial charge in [0.1, 0.15) is 6.54 Å². The Morgan fingerprint density at radius 3 is 2.05 bits per heavy atom. The summed E-state index contributed by atoms with van der Waals surface area (Å²) in [4.78, 5) is 37.2. The highest BCUT2D eigenvalue weighted by molar-refractivity contribution is 5.95. The molecule has 0 heterocycles. The Bertz CT molecular complexity index is 398. The molecule has 0 radical (unpaired) electrons. The molecule has 128 valence electrons. The summed E-state index contributed by atoms with van der Waals surface area (Å²) in [5, 5.41) is 3.27. The van der Waals surface area contributed by atoms with Crippen LogP contribution in [0.1, 0.15) is 13.8 Å². The van der Waals surface area contributed by atoms with Crippen LogP contribution in [0.5, 0.6) is 0 Å². The number of imide groups is 1. The van der Waals surface area contributed by atoms with Crippen molar-refractivity contribution in [2.45, 2.75) is 20.0 Å². The number of amides is 4. The van der Waals surface area contributed by atoms with E-state index in [0.717, 1.165) is 0 Å². The molecule has 0 aliphatic heterocycles. The Balaban J connectivity index is 4.15. The number of rotatable bonds is 7. The first-order chi connectivity index (χ1) is 10.1. The number of hydrogen-bond donors (Lipinski definition) is 2. The van der Waals surface area contributed by atoms with E-state index in [9.17, 15) is 27.6 Å².